The zero-order valence-electron chi connectivity index (χ0n) is 11.0. The molecule has 3 nitrogen and oxygen atoms in total. The zero-order valence-corrected chi connectivity index (χ0v) is 11.8. The van der Waals surface area contributed by atoms with Crippen molar-refractivity contribution in [1.82, 2.24) is 5.32 Å². The number of rotatable bonds is 6. The first-order valence-electron chi connectivity index (χ1n) is 6.31. The van der Waals surface area contributed by atoms with Crippen LogP contribution < -0.4 is 10.1 Å². The zero-order chi connectivity index (χ0) is 13.0. The third kappa shape index (κ3) is 2.93. The fourth-order valence-corrected chi connectivity index (χ4v) is 3.23. The van der Waals surface area contributed by atoms with Crippen molar-refractivity contribution in [2.45, 2.75) is 30.6 Å². The van der Waals surface area contributed by atoms with Crippen molar-refractivity contribution >= 4 is 11.8 Å². The maximum atomic E-state index is 9.53. The number of hydrogen-bond donors (Lipinski definition) is 2. The van der Waals surface area contributed by atoms with Gasteiger partial charge in [0.15, 0.2) is 11.5 Å². The third-order valence-electron chi connectivity index (χ3n) is 3.72. The van der Waals surface area contributed by atoms with Crippen LogP contribution in [0.1, 0.15) is 24.8 Å². The second-order valence-electron chi connectivity index (χ2n) is 4.85. The maximum Gasteiger partial charge on any atom is 0.160 e. The van der Waals surface area contributed by atoms with E-state index in [1.54, 1.807) is 13.2 Å². The van der Waals surface area contributed by atoms with Gasteiger partial charge in [0.05, 0.1) is 7.11 Å². The van der Waals surface area contributed by atoms with Crippen LogP contribution in [0.2, 0.25) is 0 Å². The third-order valence-corrected chi connectivity index (χ3v) is 5.14. The molecule has 0 atom stereocenters. The van der Waals surface area contributed by atoms with Crippen molar-refractivity contribution in [1.29, 1.82) is 0 Å². The first-order valence-corrected chi connectivity index (χ1v) is 7.53. The summed E-state index contributed by atoms with van der Waals surface area (Å²) >= 11 is 1.98. The predicted octanol–water partition coefficient (Wildman–Crippen LogP) is 2.78. The van der Waals surface area contributed by atoms with E-state index >= 15 is 0 Å². The number of methoxy groups -OCH3 is 1. The van der Waals surface area contributed by atoms with Gasteiger partial charge in [0.25, 0.3) is 0 Å². The van der Waals surface area contributed by atoms with Gasteiger partial charge in [-0.3, -0.25) is 0 Å². The quantitative estimate of drug-likeness (QED) is 0.831. The number of hydrogen-bond acceptors (Lipinski definition) is 4. The predicted molar refractivity (Wildman–Crippen MR) is 76.5 cm³/mol. The Kier molecular flexibility index (Phi) is 4.40. The Hall–Kier alpha value is -0.870. The number of benzene rings is 1. The summed E-state index contributed by atoms with van der Waals surface area (Å²) in [7, 11) is 1.57. The normalized spacial score (nSPS) is 17.2. The molecule has 0 aliphatic heterocycles. The molecular formula is C14H21NO2S. The first-order chi connectivity index (χ1) is 8.69. The van der Waals surface area contributed by atoms with Gasteiger partial charge < -0.3 is 15.2 Å². The Balaban J connectivity index is 1.86. The van der Waals surface area contributed by atoms with E-state index in [2.05, 4.69) is 11.6 Å². The van der Waals surface area contributed by atoms with E-state index < -0.39 is 0 Å². The highest BCUT2D eigenvalue weighted by Gasteiger charge is 2.35. The number of phenols is 1. The molecule has 1 aromatic rings. The molecule has 0 amide bonds. The Morgan fingerprint density at radius 1 is 1.44 bits per heavy atom. The van der Waals surface area contributed by atoms with Gasteiger partial charge in [0.1, 0.15) is 0 Å². The minimum absolute atomic E-state index is 0.195. The molecule has 2 rings (SSSR count). The molecule has 1 aromatic carbocycles. The highest BCUT2D eigenvalue weighted by Crippen LogP contribution is 2.42. The molecule has 0 saturated heterocycles. The minimum Gasteiger partial charge on any atom is -0.504 e. The lowest BCUT2D eigenvalue weighted by Gasteiger charge is -2.40. The summed E-state index contributed by atoms with van der Waals surface area (Å²) in [5.41, 5.74) is 1.14. The Morgan fingerprint density at radius 3 is 2.78 bits per heavy atom. The molecule has 1 fully saturated rings. The second-order valence-corrected chi connectivity index (χ2v) is 6.12. The van der Waals surface area contributed by atoms with Gasteiger partial charge in [0, 0.05) is 17.8 Å². The van der Waals surface area contributed by atoms with Crippen molar-refractivity contribution in [3.8, 4) is 11.5 Å². The van der Waals surface area contributed by atoms with Crippen molar-refractivity contribution in [3.05, 3.63) is 23.8 Å². The molecule has 2 N–H and O–H groups in total. The Labute approximate surface area is 113 Å². The van der Waals surface area contributed by atoms with Crippen LogP contribution >= 0.6 is 11.8 Å². The van der Waals surface area contributed by atoms with Crippen LogP contribution in [0.3, 0.4) is 0 Å². The monoisotopic (exact) mass is 267 g/mol. The number of phenolic OH excluding ortho intramolecular Hbond substituents is 1. The number of thioether (sulfide) groups is 1. The molecule has 0 bridgehead atoms. The standard InChI is InChI=1S/C14H21NO2S/c1-17-13-8-11(4-5-12(13)16)9-15-10-14(18-2)6-3-7-14/h4-5,8,15-16H,3,6-7,9-10H2,1-2H3. The molecule has 0 unspecified atom stereocenters. The van der Waals surface area contributed by atoms with Crippen LogP contribution in [0, 0.1) is 0 Å². The molecule has 4 heteroatoms. The van der Waals surface area contributed by atoms with Crippen molar-refractivity contribution < 1.29 is 9.84 Å². The first kappa shape index (κ1) is 13.6. The lowest BCUT2D eigenvalue weighted by Crippen LogP contribution is -2.43. The molecule has 1 saturated carbocycles. The number of ether oxygens (including phenoxy) is 1. The largest absolute Gasteiger partial charge is 0.504 e. The maximum absolute atomic E-state index is 9.53. The fraction of sp³-hybridized carbons (Fsp3) is 0.571. The van der Waals surface area contributed by atoms with Crippen LogP contribution in [0.25, 0.3) is 0 Å². The van der Waals surface area contributed by atoms with E-state index in [9.17, 15) is 5.11 Å². The molecule has 1 aliphatic carbocycles. The van der Waals surface area contributed by atoms with E-state index in [1.807, 2.05) is 23.9 Å². The summed E-state index contributed by atoms with van der Waals surface area (Å²) in [4.78, 5) is 0. The molecule has 1 aliphatic rings. The van der Waals surface area contributed by atoms with Crippen LogP contribution in [-0.2, 0) is 6.54 Å². The summed E-state index contributed by atoms with van der Waals surface area (Å²) < 4.78 is 5.56. The van der Waals surface area contributed by atoms with E-state index in [1.165, 1.54) is 19.3 Å². The van der Waals surface area contributed by atoms with E-state index in [-0.39, 0.29) is 5.75 Å². The van der Waals surface area contributed by atoms with Crippen LogP contribution in [-0.4, -0.2) is 29.8 Å². The molecular weight excluding hydrogens is 246 g/mol. The van der Waals surface area contributed by atoms with E-state index in [4.69, 9.17) is 4.74 Å². The van der Waals surface area contributed by atoms with Gasteiger partial charge in [-0.25, -0.2) is 0 Å². The highest BCUT2D eigenvalue weighted by molar-refractivity contribution is 8.00. The summed E-state index contributed by atoms with van der Waals surface area (Å²) in [6.45, 7) is 1.87. The van der Waals surface area contributed by atoms with E-state index in [0.29, 0.717) is 10.5 Å². The van der Waals surface area contributed by atoms with E-state index in [0.717, 1.165) is 18.7 Å². The Bertz CT molecular complexity index is 399. The molecule has 0 heterocycles. The van der Waals surface area contributed by atoms with Gasteiger partial charge in [-0.1, -0.05) is 12.5 Å². The highest BCUT2D eigenvalue weighted by atomic mass is 32.2. The van der Waals surface area contributed by atoms with Gasteiger partial charge in [-0.2, -0.15) is 11.8 Å². The van der Waals surface area contributed by atoms with Gasteiger partial charge in [-0.15, -0.1) is 0 Å². The fourth-order valence-electron chi connectivity index (χ4n) is 2.29. The van der Waals surface area contributed by atoms with Crippen LogP contribution in [0.5, 0.6) is 11.5 Å². The second kappa shape index (κ2) is 5.85. The number of nitrogens with one attached hydrogen (secondary N) is 1. The van der Waals surface area contributed by atoms with Gasteiger partial charge in [-0.05, 0) is 36.8 Å². The average molecular weight is 267 g/mol. The molecule has 18 heavy (non-hydrogen) atoms. The van der Waals surface area contributed by atoms with Crippen molar-refractivity contribution in [3.63, 3.8) is 0 Å². The Morgan fingerprint density at radius 2 is 2.22 bits per heavy atom. The van der Waals surface area contributed by atoms with Crippen molar-refractivity contribution in [2.24, 2.45) is 0 Å². The summed E-state index contributed by atoms with van der Waals surface area (Å²) in [5.74, 6) is 0.735. The molecule has 0 radical (unpaired) electrons. The van der Waals surface area contributed by atoms with Crippen LogP contribution in [0.15, 0.2) is 18.2 Å². The van der Waals surface area contributed by atoms with Gasteiger partial charge >= 0.3 is 0 Å². The lowest BCUT2D eigenvalue weighted by molar-refractivity contribution is 0.345. The topological polar surface area (TPSA) is 41.5 Å². The molecule has 0 spiro atoms. The van der Waals surface area contributed by atoms with Crippen LogP contribution in [0.4, 0.5) is 0 Å². The smallest absolute Gasteiger partial charge is 0.160 e. The molecule has 100 valence electrons. The van der Waals surface area contributed by atoms with Gasteiger partial charge in [0.2, 0.25) is 0 Å². The lowest BCUT2D eigenvalue weighted by atomic mass is 9.84. The average Bonchev–Trinajstić information content (AvgIpc) is 2.34. The van der Waals surface area contributed by atoms with Crippen molar-refractivity contribution in [2.75, 3.05) is 19.9 Å². The number of aromatic hydroxyl groups is 1. The SMILES string of the molecule is COc1cc(CNCC2(SC)CCC2)ccc1O. The summed E-state index contributed by atoms with van der Waals surface area (Å²) in [6, 6.07) is 5.50. The summed E-state index contributed by atoms with van der Waals surface area (Å²) in [5, 5.41) is 13.0. The minimum atomic E-state index is 0.195. The summed E-state index contributed by atoms with van der Waals surface area (Å²) in [6.07, 6.45) is 6.19. The molecule has 0 aromatic heterocycles.